The molecular weight excluding hydrogens is 536 g/mol. The Labute approximate surface area is 231 Å². The van der Waals surface area contributed by atoms with Gasteiger partial charge in [-0.2, -0.15) is 8.78 Å². The standard InChI is InChI=1S/C32H28F3O4P/c1-23-9-15-27(16-10-23)31(21-5-8-24-6-3-2-4-7-24,30(36)26-13-19-29(33)20-14-26)22-25-11-17-28(18-12-25)32(34,35)40(37,38)39/h2-20H,21-22H2,1H3,(H2,37,38,39)/b8-5+. The summed E-state index contributed by atoms with van der Waals surface area (Å²) in [5.74, 6) is -0.762. The van der Waals surface area contributed by atoms with E-state index in [9.17, 15) is 22.5 Å². The van der Waals surface area contributed by atoms with Gasteiger partial charge in [0.2, 0.25) is 0 Å². The second-order valence-electron chi connectivity index (χ2n) is 9.76. The minimum Gasteiger partial charge on any atom is -0.320 e. The van der Waals surface area contributed by atoms with Gasteiger partial charge in [-0.3, -0.25) is 9.36 Å². The summed E-state index contributed by atoms with van der Waals surface area (Å²) in [7, 11) is -5.73. The van der Waals surface area contributed by atoms with Crippen LogP contribution in [0.15, 0.2) is 109 Å². The van der Waals surface area contributed by atoms with Gasteiger partial charge in [0.1, 0.15) is 5.82 Å². The molecule has 0 saturated carbocycles. The monoisotopic (exact) mass is 564 g/mol. The highest BCUT2D eigenvalue weighted by molar-refractivity contribution is 7.52. The molecule has 0 aliphatic heterocycles. The van der Waals surface area contributed by atoms with Crippen LogP contribution in [0.1, 0.15) is 44.6 Å². The van der Waals surface area contributed by atoms with E-state index in [0.29, 0.717) is 16.7 Å². The number of halogens is 3. The van der Waals surface area contributed by atoms with Gasteiger partial charge in [-0.15, -0.1) is 0 Å². The molecule has 0 radical (unpaired) electrons. The third-order valence-electron chi connectivity index (χ3n) is 6.89. The first-order valence-corrected chi connectivity index (χ1v) is 14.2. The summed E-state index contributed by atoms with van der Waals surface area (Å²) < 4.78 is 53.7. The second kappa shape index (κ2) is 11.8. The van der Waals surface area contributed by atoms with Gasteiger partial charge in [0, 0.05) is 11.1 Å². The number of alkyl halides is 2. The summed E-state index contributed by atoms with van der Waals surface area (Å²) in [5, 5.41) is 0. The zero-order valence-corrected chi connectivity index (χ0v) is 22.6. The van der Waals surface area contributed by atoms with E-state index in [2.05, 4.69) is 0 Å². The molecule has 2 N–H and O–H groups in total. The van der Waals surface area contributed by atoms with Crippen LogP contribution in [-0.4, -0.2) is 15.6 Å². The van der Waals surface area contributed by atoms with Gasteiger partial charge in [-0.25, -0.2) is 4.39 Å². The van der Waals surface area contributed by atoms with Crippen LogP contribution >= 0.6 is 7.60 Å². The lowest BCUT2D eigenvalue weighted by Gasteiger charge is -2.33. The molecule has 4 nitrogen and oxygen atoms in total. The zero-order valence-electron chi connectivity index (χ0n) is 21.7. The Hall–Kier alpha value is -3.77. The number of benzene rings is 4. The molecule has 0 heterocycles. The van der Waals surface area contributed by atoms with Crippen LogP contribution in [0, 0.1) is 12.7 Å². The van der Waals surface area contributed by atoms with Crippen molar-refractivity contribution in [1.82, 2.24) is 0 Å². The molecule has 0 aromatic heterocycles. The predicted molar refractivity (Wildman–Crippen MR) is 150 cm³/mol. The van der Waals surface area contributed by atoms with Crippen molar-refractivity contribution in [1.29, 1.82) is 0 Å². The molecule has 0 bridgehead atoms. The molecule has 4 aromatic rings. The number of carbonyl (C=O) groups excluding carboxylic acids is 1. The Bertz CT molecular complexity index is 1530. The topological polar surface area (TPSA) is 74.6 Å². The molecule has 0 amide bonds. The van der Waals surface area contributed by atoms with E-state index in [1.165, 1.54) is 36.4 Å². The molecule has 40 heavy (non-hydrogen) atoms. The van der Waals surface area contributed by atoms with Gasteiger partial charge in [0.15, 0.2) is 5.78 Å². The third-order valence-corrected chi connectivity index (χ3v) is 7.88. The molecule has 206 valence electrons. The first kappa shape index (κ1) is 29.2. The van der Waals surface area contributed by atoms with Gasteiger partial charge in [0.05, 0.1) is 5.41 Å². The SMILES string of the molecule is Cc1ccc(C(C/C=C/c2ccccc2)(Cc2ccc(C(F)(F)P(=O)(O)O)cc2)C(=O)c2ccc(F)cc2)cc1. The number of hydrogen-bond acceptors (Lipinski definition) is 2. The van der Waals surface area contributed by atoms with Crippen molar-refractivity contribution < 1.29 is 32.3 Å². The molecule has 1 atom stereocenters. The molecule has 1 unspecified atom stereocenters. The second-order valence-corrected chi connectivity index (χ2v) is 11.4. The van der Waals surface area contributed by atoms with E-state index in [1.807, 2.05) is 73.7 Å². The highest BCUT2D eigenvalue weighted by atomic mass is 31.2. The lowest BCUT2D eigenvalue weighted by Crippen LogP contribution is -2.38. The van der Waals surface area contributed by atoms with E-state index in [-0.39, 0.29) is 18.6 Å². The minimum atomic E-state index is -5.73. The van der Waals surface area contributed by atoms with Gasteiger partial charge in [0.25, 0.3) is 0 Å². The third kappa shape index (κ3) is 6.34. The van der Waals surface area contributed by atoms with E-state index in [0.717, 1.165) is 23.3 Å². The van der Waals surface area contributed by atoms with Crippen molar-refractivity contribution in [3.05, 3.63) is 148 Å². The number of allylic oxidation sites excluding steroid dienone is 1. The maximum Gasteiger partial charge on any atom is 0.399 e. The van der Waals surface area contributed by atoms with Crippen LogP contribution in [0.3, 0.4) is 0 Å². The summed E-state index contributed by atoms with van der Waals surface area (Å²) in [4.78, 5) is 32.5. The fourth-order valence-electron chi connectivity index (χ4n) is 4.65. The zero-order chi connectivity index (χ0) is 29.0. The lowest BCUT2D eigenvalue weighted by molar-refractivity contribution is 0.0564. The van der Waals surface area contributed by atoms with Gasteiger partial charge < -0.3 is 9.79 Å². The molecular formula is C32H28F3O4P. The van der Waals surface area contributed by atoms with Gasteiger partial charge in [-0.05, 0) is 60.7 Å². The van der Waals surface area contributed by atoms with Crippen LogP contribution in [0.4, 0.5) is 13.2 Å². The smallest absolute Gasteiger partial charge is 0.320 e. The number of hydrogen-bond donors (Lipinski definition) is 2. The van der Waals surface area contributed by atoms with Crippen LogP contribution in [-0.2, 0) is 22.1 Å². The Balaban J connectivity index is 1.83. The predicted octanol–water partition coefficient (Wildman–Crippen LogP) is 7.83. The van der Waals surface area contributed by atoms with Crippen molar-refractivity contribution >= 4 is 19.5 Å². The average Bonchev–Trinajstić information content (AvgIpc) is 2.93. The quantitative estimate of drug-likeness (QED) is 0.152. The largest absolute Gasteiger partial charge is 0.399 e. The summed E-state index contributed by atoms with van der Waals surface area (Å²) in [6.07, 6.45) is 4.10. The normalized spacial score (nSPS) is 13.8. The summed E-state index contributed by atoms with van der Waals surface area (Å²) in [6, 6.07) is 26.9. The Kier molecular flexibility index (Phi) is 8.59. The Morgan fingerprint density at radius 3 is 1.98 bits per heavy atom. The summed E-state index contributed by atoms with van der Waals surface area (Å²) in [6.45, 7) is 1.92. The van der Waals surface area contributed by atoms with Crippen molar-refractivity contribution in [3.63, 3.8) is 0 Å². The fourth-order valence-corrected chi connectivity index (χ4v) is 5.13. The molecule has 0 fully saturated rings. The van der Waals surface area contributed by atoms with E-state index in [1.54, 1.807) is 0 Å². The molecule has 0 aliphatic carbocycles. The first-order chi connectivity index (χ1) is 18.9. The molecule has 8 heteroatoms. The number of Topliss-reactive ketones (excluding diaryl/α,β-unsaturated/α-hetero) is 1. The number of rotatable bonds is 10. The van der Waals surface area contributed by atoms with Crippen LogP contribution < -0.4 is 0 Å². The fraction of sp³-hybridized carbons (Fsp3) is 0.156. The maximum absolute atomic E-state index is 14.3. The van der Waals surface area contributed by atoms with Crippen LogP contribution in [0.25, 0.3) is 6.08 Å². The van der Waals surface area contributed by atoms with Crippen LogP contribution in [0.2, 0.25) is 0 Å². The van der Waals surface area contributed by atoms with Crippen molar-refractivity contribution in [2.75, 3.05) is 0 Å². The molecule has 0 aliphatic rings. The van der Waals surface area contributed by atoms with Crippen LogP contribution in [0.5, 0.6) is 0 Å². The van der Waals surface area contributed by atoms with E-state index >= 15 is 0 Å². The van der Waals surface area contributed by atoms with E-state index in [4.69, 9.17) is 9.79 Å². The highest BCUT2D eigenvalue weighted by Crippen LogP contribution is 2.59. The number of ketones is 1. The van der Waals surface area contributed by atoms with Gasteiger partial charge in [-0.1, -0.05) is 96.6 Å². The first-order valence-electron chi connectivity index (χ1n) is 12.5. The molecule has 4 aromatic carbocycles. The average molecular weight is 565 g/mol. The van der Waals surface area contributed by atoms with Crippen molar-refractivity contribution in [2.45, 2.75) is 30.8 Å². The van der Waals surface area contributed by atoms with Crippen molar-refractivity contribution in [2.24, 2.45) is 0 Å². The maximum atomic E-state index is 14.3. The molecule has 0 saturated heterocycles. The Morgan fingerprint density at radius 2 is 1.40 bits per heavy atom. The summed E-state index contributed by atoms with van der Waals surface area (Å²) >= 11 is 0. The number of aryl methyl sites for hydroxylation is 1. The minimum absolute atomic E-state index is 0.0904. The molecule has 0 spiro atoms. The van der Waals surface area contributed by atoms with Crippen molar-refractivity contribution in [3.8, 4) is 0 Å². The van der Waals surface area contributed by atoms with Gasteiger partial charge >= 0.3 is 13.3 Å². The lowest BCUT2D eigenvalue weighted by atomic mass is 9.68. The Morgan fingerprint density at radius 1 is 0.825 bits per heavy atom. The molecule has 4 rings (SSSR count). The summed E-state index contributed by atoms with van der Waals surface area (Å²) in [5.41, 5.74) is -2.97. The highest BCUT2D eigenvalue weighted by Gasteiger charge is 2.50. The van der Waals surface area contributed by atoms with E-state index < -0.39 is 30.1 Å². The number of carbonyl (C=O) groups is 1.